The third-order valence-corrected chi connectivity index (χ3v) is 7.65. The summed E-state index contributed by atoms with van der Waals surface area (Å²) in [7, 11) is 2.31. The molecular formula is C23H23BFN5O4S2. The van der Waals surface area contributed by atoms with Gasteiger partial charge in [0.1, 0.15) is 22.9 Å². The van der Waals surface area contributed by atoms with Crippen LogP contribution in [0, 0.1) is 0 Å². The number of thioether (sulfide) groups is 1. The minimum absolute atomic E-state index is 0.0173. The van der Waals surface area contributed by atoms with Gasteiger partial charge in [0.15, 0.2) is 29.1 Å². The normalized spacial score (nSPS) is 16.0. The molecule has 186 valence electrons. The molecular weight excluding hydrogens is 504 g/mol. The first kappa shape index (κ1) is 25.9. The Balaban J connectivity index is 1.50. The van der Waals surface area contributed by atoms with Crippen LogP contribution < -0.4 is 5.66 Å². The molecule has 4 heterocycles. The number of nitrogens with zero attached hydrogens (tertiary/aromatic N) is 5. The van der Waals surface area contributed by atoms with Crippen molar-refractivity contribution in [2.24, 2.45) is 0 Å². The molecule has 3 aromatic rings. The highest BCUT2D eigenvalue weighted by Crippen LogP contribution is 2.34. The summed E-state index contributed by atoms with van der Waals surface area (Å²) in [5.41, 5.74) is 0.601. The number of amides is 1. The molecule has 0 saturated carbocycles. The summed E-state index contributed by atoms with van der Waals surface area (Å²) < 4.78 is 44.1. The van der Waals surface area contributed by atoms with Crippen LogP contribution in [0.15, 0.2) is 64.7 Å². The highest BCUT2D eigenvalue weighted by molar-refractivity contribution is 8.00. The van der Waals surface area contributed by atoms with Gasteiger partial charge < -0.3 is 9.32 Å². The van der Waals surface area contributed by atoms with Crippen molar-refractivity contribution in [3.8, 4) is 0 Å². The standard InChI is InChI=1S/C23H23BFN5O4S2/c1-3-17(25)18(5-4-12-36(2,32)33)30-21-16(13-28-30)22(27-14-26-21)35-15-8-10-29(11-9-15)23(31)19-6-7-20(24)34-19/h3-7,13-15H,1,8-12H2,2H3/b5-4-,18-17-. The van der Waals surface area contributed by atoms with Crippen LogP contribution in [0.3, 0.4) is 0 Å². The Bertz CT molecular complexity index is 1460. The monoisotopic (exact) mass is 527 g/mol. The summed E-state index contributed by atoms with van der Waals surface area (Å²) >= 11 is 1.55. The molecule has 1 aliphatic rings. The van der Waals surface area contributed by atoms with Gasteiger partial charge in [-0.3, -0.25) is 4.79 Å². The molecule has 9 nitrogen and oxygen atoms in total. The second kappa shape index (κ2) is 10.8. The summed E-state index contributed by atoms with van der Waals surface area (Å²) in [4.78, 5) is 23.0. The first-order chi connectivity index (χ1) is 17.2. The van der Waals surface area contributed by atoms with E-state index in [1.54, 1.807) is 35.0 Å². The van der Waals surface area contributed by atoms with Crippen molar-refractivity contribution in [3.05, 3.63) is 61.1 Å². The molecule has 1 amide bonds. The van der Waals surface area contributed by atoms with E-state index < -0.39 is 15.7 Å². The quantitative estimate of drug-likeness (QED) is 0.250. The number of hydrogen-bond donors (Lipinski definition) is 0. The van der Waals surface area contributed by atoms with E-state index in [4.69, 9.17) is 12.3 Å². The molecule has 13 heteroatoms. The van der Waals surface area contributed by atoms with E-state index in [0.29, 0.717) is 29.1 Å². The van der Waals surface area contributed by atoms with Gasteiger partial charge in [0.05, 0.1) is 17.3 Å². The number of rotatable bonds is 8. The van der Waals surface area contributed by atoms with Crippen molar-refractivity contribution < 1.29 is 22.0 Å². The van der Waals surface area contributed by atoms with Gasteiger partial charge in [0.2, 0.25) is 0 Å². The number of carbonyl (C=O) groups excluding carboxylic acids is 1. The maximum Gasteiger partial charge on any atom is 0.289 e. The average Bonchev–Trinajstić information content (AvgIpc) is 3.48. The Morgan fingerprint density at radius 3 is 2.72 bits per heavy atom. The summed E-state index contributed by atoms with van der Waals surface area (Å²) in [5.74, 6) is -0.879. The Kier molecular flexibility index (Phi) is 7.79. The van der Waals surface area contributed by atoms with Crippen LogP contribution in [0.5, 0.6) is 0 Å². The van der Waals surface area contributed by atoms with Gasteiger partial charge in [-0.2, -0.15) is 5.10 Å². The molecule has 0 unspecified atom stereocenters. The molecule has 36 heavy (non-hydrogen) atoms. The Morgan fingerprint density at radius 2 is 2.08 bits per heavy atom. The molecule has 4 rings (SSSR count). The summed E-state index contributed by atoms with van der Waals surface area (Å²) in [5, 5.41) is 5.81. The Hall–Kier alpha value is -3.19. The average molecular weight is 527 g/mol. The second-order valence-electron chi connectivity index (χ2n) is 8.22. The fourth-order valence-corrected chi connectivity index (χ4v) is 5.33. The molecule has 2 radical (unpaired) electrons. The van der Waals surface area contributed by atoms with Crippen molar-refractivity contribution in [1.29, 1.82) is 0 Å². The SMILES string of the molecule is [B]c1ccc(C(=O)N2CCC(Sc3ncnc4c3cnn4C(/C=C\CS(C)(=O)=O)=C(\F)C=C)CC2)o1. The largest absolute Gasteiger partial charge is 0.468 e. The number of furan rings is 1. The van der Waals surface area contributed by atoms with E-state index in [2.05, 4.69) is 21.6 Å². The zero-order valence-corrected chi connectivity index (χ0v) is 21.1. The second-order valence-corrected chi connectivity index (χ2v) is 11.7. The van der Waals surface area contributed by atoms with Crippen molar-refractivity contribution >= 4 is 57.7 Å². The number of carbonyl (C=O) groups is 1. The lowest BCUT2D eigenvalue weighted by Gasteiger charge is -2.31. The van der Waals surface area contributed by atoms with Crippen LogP contribution in [0.4, 0.5) is 4.39 Å². The predicted octanol–water partition coefficient (Wildman–Crippen LogP) is 2.53. The third-order valence-electron chi connectivity index (χ3n) is 5.50. The number of fused-ring (bicyclic) bond motifs is 1. The Labute approximate surface area is 213 Å². The van der Waals surface area contributed by atoms with E-state index >= 15 is 0 Å². The molecule has 0 N–H and O–H groups in total. The van der Waals surface area contributed by atoms with E-state index in [-0.39, 0.29) is 34.0 Å². The molecule has 0 bridgehead atoms. The summed E-state index contributed by atoms with van der Waals surface area (Å²) in [6, 6.07) is 3.13. The molecule has 0 aromatic carbocycles. The van der Waals surface area contributed by atoms with Crippen molar-refractivity contribution in [1.82, 2.24) is 24.6 Å². The van der Waals surface area contributed by atoms with Gasteiger partial charge in [-0.1, -0.05) is 12.7 Å². The number of aromatic nitrogens is 4. The van der Waals surface area contributed by atoms with E-state index in [9.17, 15) is 17.6 Å². The van der Waals surface area contributed by atoms with Gasteiger partial charge in [0.25, 0.3) is 5.91 Å². The zero-order valence-electron chi connectivity index (χ0n) is 19.5. The lowest BCUT2D eigenvalue weighted by Crippen LogP contribution is -2.39. The molecule has 1 aliphatic heterocycles. The minimum atomic E-state index is -3.26. The third kappa shape index (κ3) is 5.96. The summed E-state index contributed by atoms with van der Waals surface area (Å²) in [6.45, 7) is 4.58. The van der Waals surface area contributed by atoms with Crippen molar-refractivity contribution in [3.63, 3.8) is 0 Å². The Morgan fingerprint density at radius 1 is 1.33 bits per heavy atom. The number of allylic oxidation sites excluding steroid dienone is 4. The number of likely N-dealkylation sites (tertiary alicyclic amines) is 1. The number of hydrogen-bond acceptors (Lipinski definition) is 8. The van der Waals surface area contributed by atoms with Crippen LogP contribution >= 0.6 is 11.8 Å². The fraction of sp³-hybridized carbons (Fsp3) is 0.304. The van der Waals surface area contributed by atoms with E-state index in [1.807, 2.05) is 0 Å². The van der Waals surface area contributed by atoms with Gasteiger partial charge in [-0.05, 0) is 37.1 Å². The molecule has 3 aromatic heterocycles. The number of piperidine rings is 1. The van der Waals surface area contributed by atoms with Gasteiger partial charge in [0, 0.05) is 30.3 Å². The predicted molar refractivity (Wildman–Crippen MR) is 138 cm³/mol. The molecule has 0 spiro atoms. The summed E-state index contributed by atoms with van der Waals surface area (Å²) in [6.07, 6.45) is 9.25. The van der Waals surface area contributed by atoms with Gasteiger partial charge in [-0.25, -0.2) is 27.5 Å². The molecule has 0 aliphatic carbocycles. The fourth-order valence-electron chi connectivity index (χ4n) is 3.74. The molecule has 1 saturated heterocycles. The smallest absolute Gasteiger partial charge is 0.289 e. The van der Waals surface area contributed by atoms with Crippen LogP contribution in [0.1, 0.15) is 23.4 Å². The first-order valence-electron chi connectivity index (χ1n) is 11.0. The van der Waals surface area contributed by atoms with Crippen molar-refractivity contribution in [2.45, 2.75) is 23.1 Å². The number of sulfone groups is 1. The minimum Gasteiger partial charge on any atom is -0.468 e. The van der Waals surface area contributed by atoms with Crippen LogP contribution in [-0.2, 0) is 9.84 Å². The maximum atomic E-state index is 14.6. The van der Waals surface area contributed by atoms with Crippen LogP contribution in [-0.4, -0.2) is 77.2 Å². The molecule has 1 fully saturated rings. The lowest BCUT2D eigenvalue weighted by atomic mass is 10.1. The van der Waals surface area contributed by atoms with E-state index in [1.165, 1.54) is 23.2 Å². The number of halogens is 1. The molecule has 0 atom stereocenters. The van der Waals surface area contributed by atoms with Crippen LogP contribution in [0.25, 0.3) is 16.7 Å². The highest BCUT2D eigenvalue weighted by atomic mass is 32.2. The van der Waals surface area contributed by atoms with Gasteiger partial charge in [-0.15, -0.1) is 11.8 Å². The topological polar surface area (TPSA) is 111 Å². The van der Waals surface area contributed by atoms with Crippen molar-refractivity contribution in [2.75, 3.05) is 25.1 Å². The first-order valence-corrected chi connectivity index (χ1v) is 14.0. The maximum absolute atomic E-state index is 14.6. The zero-order chi connectivity index (χ0) is 25.9. The highest BCUT2D eigenvalue weighted by Gasteiger charge is 2.27. The van der Waals surface area contributed by atoms with Gasteiger partial charge >= 0.3 is 0 Å². The lowest BCUT2D eigenvalue weighted by molar-refractivity contribution is 0.0697. The van der Waals surface area contributed by atoms with E-state index in [0.717, 1.165) is 25.2 Å². The van der Waals surface area contributed by atoms with Crippen LogP contribution in [0.2, 0.25) is 0 Å².